The van der Waals surface area contributed by atoms with Crippen molar-refractivity contribution in [1.29, 1.82) is 0 Å². The minimum atomic E-state index is -1.14. The van der Waals surface area contributed by atoms with E-state index in [2.05, 4.69) is 32.2 Å². The van der Waals surface area contributed by atoms with Crippen LogP contribution in [0, 0.1) is 17.3 Å². The molecule has 2 saturated carbocycles. The number of aromatic nitrogens is 1. The zero-order valence-electron chi connectivity index (χ0n) is 24.0. The number of carbonyl (C=O) groups is 2. The molecular formula is C34H42N2O4. The number of rotatable bonds is 8. The van der Waals surface area contributed by atoms with Gasteiger partial charge in [-0.25, -0.2) is 9.78 Å². The van der Waals surface area contributed by atoms with Crippen LogP contribution >= 0.6 is 0 Å². The number of amides is 1. The summed E-state index contributed by atoms with van der Waals surface area (Å²) in [7, 11) is 0. The van der Waals surface area contributed by atoms with Crippen molar-refractivity contribution in [2.45, 2.75) is 90.7 Å². The molecule has 1 aromatic heterocycles. The lowest BCUT2D eigenvalue weighted by Crippen LogP contribution is -2.34. The molecular weight excluding hydrogens is 500 g/mol. The SMILES string of the molecule is CC(C)(C)C1CCC(Oc2ccc3cc(C(=O)NC(C(=O)O)c4ccccc4)nc(CC4CCCC4)c3c2)CC1. The van der Waals surface area contributed by atoms with Crippen molar-refractivity contribution in [2.24, 2.45) is 17.3 Å². The Hall–Kier alpha value is -3.41. The minimum Gasteiger partial charge on any atom is -0.490 e. The van der Waals surface area contributed by atoms with Gasteiger partial charge in [-0.1, -0.05) is 82.9 Å². The van der Waals surface area contributed by atoms with Gasteiger partial charge in [0.25, 0.3) is 5.91 Å². The van der Waals surface area contributed by atoms with Gasteiger partial charge < -0.3 is 15.2 Å². The van der Waals surface area contributed by atoms with Crippen LogP contribution in [0.2, 0.25) is 0 Å². The summed E-state index contributed by atoms with van der Waals surface area (Å²) in [6.45, 7) is 7.00. The number of pyridine rings is 1. The quantitative estimate of drug-likeness (QED) is 0.308. The lowest BCUT2D eigenvalue weighted by atomic mass is 9.72. The van der Waals surface area contributed by atoms with E-state index in [1.807, 2.05) is 18.2 Å². The molecule has 2 N–H and O–H groups in total. The summed E-state index contributed by atoms with van der Waals surface area (Å²) in [5, 5.41) is 14.4. The van der Waals surface area contributed by atoms with Gasteiger partial charge in [0.1, 0.15) is 11.4 Å². The van der Waals surface area contributed by atoms with Crippen LogP contribution in [-0.2, 0) is 11.2 Å². The van der Waals surface area contributed by atoms with Crippen LogP contribution in [0.4, 0.5) is 0 Å². The van der Waals surface area contributed by atoms with Crippen LogP contribution in [0.15, 0.2) is 54.6 Å². The molecule has 6 nitrogen and oxygen atoms in total. The molecule has 2 aliphatic carbocycles. The summed E-state index contributed by atoms with van der Waals surface area (Å²) in [6, 6.07) is 15.5. The predicted octanol–water partition coefficient (Wildman–Crippen LogP) is 7.51. The zero-order chi connectivity index (χ0) is 28.3. The van der Waals surface area contributed by atoms with Crippen molar-refractivity contribution in [3.63, 3.8) is 0 Å². The van der Waals surface area contributed by atoms with E-state index in [0.29, 0.717) is 16.9 Å². The van der Waals surface area contributed by atoms with Gasteiger partial charge in [0, 0.05) is 11.1 Å². The van der Waals surface area contributed by atoms with Gasteiger partial charge in [-0.15, -0.1) is 0 Å². The molecule has 1 heterocycles. The van der Waals surface area contributed by atoms with Crippen LogP contribution in [0.1, 0.15) is 99.9 Å². The van der Waals surface area contributed by atoms with Crippen molar-refractivity contribution in [1.82, 2.24) is 10.3 Å². The number of carboxylic acids is 1. The van der Waals surface area contributed by atoms with Crippen molar-refractivity contribution < 1.29 is 19.4 Å². The fraction of sp³-hybridized carbons (Fsp3) is 0.500. The predicted molar refractivity (Wildman–Crippen MR) is 158 cm³/mol. The van der Waals surface area contributed by atoms with E-state index in [4.69, 9.17) is 9.72 Å². The maximum absolute atomic E-state index is 13.3. The average Bonchev–Trinajstić information content (AvgIpc) is 3.45. The first kappa shape index (κ1) is 28.1. The molecule has 3 aromatic rings. The molecule has 212 valence electrons. The number of nitrogens with zero attached hydrogens (tertiary/aromatic N) is 1. The summed E-state index contributed by atoms with van der Waals surface area (Å²) in [5.41, 5.74) is 2.00. The molecule has 0 bridgehead atoms. The van der Waals surface area contributed by atoms with Gasteiger partial charge >= 0.3 is 5.97 Å². The van der Waals surface area contributed by atoms with Gasteiger partial charge in [-0.05, 0) is 78.5 Å². The highest BCUT2D eigenvalue weighted by Gasteiger charge is 2.31. The Morgan fingerprint density at radius 2 is 1.68 bits per heavy atom. The molecule has 6 heteroatoms. The third-order valence-corrected chi connectivity index (χ3v) is 8.93. The molecule has 2 aromatic carbocycles. The Labute approximate surface area is 237 Å². The minimum absolute atomic E-state index is 0.221. The van der Waals surface area contributed by atoms with Gasteiger partial charge in [0.05, 0.1) is 6.10 Å². The molecule has 2 fully saturated rings. The van der Waals surface area contributed by atoms with Crippen LogP contribution in [0.25, 0.3) is 10.8 Å². The van der Waals surface area contributed by atoms with Gasteiger partial charge in [-0.3, -0.25) is 4.79 Å². The summed E-state index contributed by atoms with van der Waals surface area (Å²) in [6.07, 6.45) is 10.3. The standard InChI is InChI=1S/C34H42N2O4/c1-34(2,3)25-14-17-26(18-15-25)40-27-16-13-24-20-30(35-29(28(24)21-27)19-22-9-7-8-10-22)32(37)36-31(33(38)39)23-11-5-4-6-12-23/h4-6,11-13,16,20-22,25-26,31H,7-10,14-15,17-19H2,1-3H3,(H,36,37)(H,38,39). The molecule has 0 spiro atoms. The number of ether oxygens (including phenoxy) is 1. The normalized spacial score (nSPS) is 20.8. The van der Waals surface area contributed by atoms with E-state index in [-0.39, 0.29) is 11.8 Å². The third-order valence-electron chi connectivity index (χ3n) is 8.93. The molecule has 1 unspecified atom stereocenters. The molecule has 0 saturated heterocycles. The number of benzene rings is 2. The maximum atomic E-state index is 13.3. The Balaban J connectivity index is 1.39. The molecule has 40 heavy (non-hydrogen) atoms. The van der Waals surface area contributed by atoms with E-state index in [1.54, 1.807) is 30.3 Å². The van der Waals surface area contributed by atoms with Crippen molar-refractivity contribution in [2.75, 3.05) is 0 Å². The Morgan fingerprint density at radius 3 is 2.33 bits per heavy atom. The first-order chi connectivity index (χ1) is 19.2. The van der Waals surface area contributed by atoms with Crippen LogP contribution < -0.4 is 10.1 Å². The molecule has 0 radical (unpaired) electrons. The average molecular weight is 543 g/mol. The Bertz CT molecular complexity index is 1330. The van der Waals surface area contributed by atoms with E-state index in [9.17, 15) is 14.7 Å². The summed E-state index contributed by atoms with van der Waals surface area (Å²) in [4.78, 5) is 30.2. The summed E-state index contributed by atoms with van der Waals surface area (Å²) >= 11 is 0. The van der Waals surface area contributed by atoms with Gasteiger partial charge in [-0.2, -0.15) is 0 Å². The summed E-state index contributed by atoms with van der Waals surface area (Å²) in [5.74, 6) is 0.542. The van der Waals surface area contributed by atoms with E-state index < -0.39 is 17.9 Å². The Morgan fingerprint density at radius 1 is 0.975 bits per heavy atom. The number of hydrogen-bond acceptors (Lipinski definition) is 4. The zero-order valence-corrected chi connectivity index (χ0v) is 24.0. The van der Waals surface area contributed by atoms with Crippen molar-refractivity contribution >= 4 is 22.6 Å². The van der Waals surface area contributed by atoms with Gasteiger partial charge in [0.15, 0.2) is 6.04 Å². The lowest BCUT2D eigenvalue weighted by molar-refractivity contribution is -0.139. The fourth-order valence-electron chi connectivity index (χ4n) is 6.51. The van der Waals surface area contributed by atoms with E-state index in [1.165, 1.54) is 38.5 Å². The highest BCUT2D eigenvalue weighted by Crippen LogP contribution is 2.39. The van der Waals surface area contributed by atoms with Crippen molar-refractivity contribution in [3.8, 4) is 5.75 Å². The smallest absolute Gasteiger partial charge is 0.330 e. The fourth-order valence-corrected chi connectivity index (χ4v) is 6.51. The highest BCUT2D eigenvalue weighted by molar-refractivity contribution is 5.99. The summed E-state index contributed by atoms with van der Waals surface area (Å²) < 4.78 is 6.48. The second-order valence-electron chi connectivity index (χ2n) is 12.8. The van der Waals surface area contributed by atoms with Crippen LogP contribution in [0.5, 0.6) is 5.75 Å². The topological polar surface area (TPSA) is 88.5 Å². The van der Waals surface area contributed by atoms with E-state index in [0.717, 1.165) is 47.4 Å². The van der Waals surface area contributed by atoms with Gasteiger partial charge in [0.2, 0.25) is 0 Å². The number of aliphatic carboxylic acids is 1. The van der Waals surface area contributed by atoms with Crippen LogP contribution in [0.3, 0.4) is 0 Å². The number of hydrogen-bond donors (Lipinski definition) is 2. The molecule has 0 aliphatic heterocycles. The number of nitrogens with one attached hydrogen (secondary N) is 1. The Kier molecular flexibility index (Phi) is 8.43. The highest BCUT2D eigenvalue weighted by atomic mass is 16.5. The number of carbonyl (C=O) groups excluding carboxylic acids is 1. The monoisotopic (exact) mass is 542 g/mol. The number of fused-ring (bicyclic) bond motifs is 1. The number of carboxylic acid groups (broad SMARTS) is 1. The lowest BCUT2D eigenvalue weighted by Gasteiger charge is -2.37. The van der Waals surface area contributed by atoms with E-state index >= 15 is 0 Å². The largest absolute Gasteiger partial charge is 0.490 e. The first-order valence-corrected chi connectivity index (χ1v) is 14.9. The van der Waals surface area contributed by atoms with Crippen LogP contribution in [-0.4, -0.2) is 28.1 Å². The maximum Gasteiger partial charge on any atom is 0.330 e. The van der Waals surface area contributed by atoms with Crippen molar-refractivity contribution in [3.05, 3.63) is 71.5 Å². The second kappa shape index (κ2) is 12.0. The molecule has 2 aliphatic rings. The third kappa shape index (κ3) is 6.65. The molecule has 1 amide bonds. The second-order valence-corrected chi connectivity index (χ2v) is 12.8. The first-order valence-electron chi connectivity index (χ1n) is 14.9. The molecule has 1 atom stereocenters. The molecule has 5 rings (SSSR count).